The highest BCUT2D eigenvalue weighted by molar-refractivity contribution is 5.88. The largest absolute Gasteiger partial charge is 0.354 e. The maximum atomic E-state index is 13.7. The molecule has 224 valence electrons. The third-order valence-electron chi connectivity index (χ3n) is 6.96. The lowest BCUT2D eigenvalue weighted by molar-refractivity contribution is -0.139. The number of carbonyl (C=O) groups is 4. The van der Waals surface area contributed by atoms with Crippen LogP contribution in [0.3, 0.4) is 0 Å². The smallest absolute Gasteiger partial charge is 0.243 e. The summed E-state index contributed by atoms with van der Waals surface area (Å²) in [5.74, 6) is 0.0738. The van der Waals surface area contributed by atoms with E-state index in [2.05, 4.69) is 26.0 Å². The fourth-order valence-electron chi connectivity index (χ4n) is 4.84. The minimum Gasteiger partial charge on any atom is -0.354 e. The second-order valence-electron chi connectivity index (χ2n) is 12.1. The van der Waals surface area contributed by atoms with Gasteiger partial charge in [-0.25, -0.2) is 9.67 Å². The number of hydrogen-bond donors (Lipinski definition) is 3. The monoisotopic (exact) mass is 567 g/mol. The summed E-state index contributed by atoms with van der Waals surface area (Å²) in [5.41, 5.74) is 0.337. The molecule has 0 radical (unpaired) electrons. The van der Waals surface area contributed by atoms with Gasteiger partial charge in [0.1, 0.15) is 18.4 Å². The fourth-order valence-corrected chi connectivity index (χ4v) is 4.84. The normalized spacial score (nSPS) is 20.4. The van der Waals surface area contributed by atoms with Crippen LogP contribution in [0.25, 0.3) is 0 Å². The molecule has 0 unspecified atom stereocenters. The molecule has 0 saturated heterocycles. The molecule has 0 spiro atoms. The van der Waals surface area contributed by atoms with Crippen LogP contribution in [0.1, 0.15) is 77.1 Å². The molecule has 1 aromatic heterocycles. The van der Waals surface area contributed by atoms with Crippen LogP contribution in [-0.2, 0) is 32.1 Å². The lowest BCUT2D eigenvalue weighted by atomic mass is 9.94. The molecule has 0 saturated carbocycles. The maximum Gasteiger partial charge on any atom is 0.243 e. The Morgan fingerprint density at radius 3 is 2.37 bits per heavy atom. The Labute approximate surface area is 242 Å². The summed E-state index contributed by atoms with van der Waals surface area (Å²) in [6, 6.07) is 8.17. The van der Waals surface area contributed by atoms with Crippen molar-refractivity contribution in [2.45, 2.75) is 85.9 Å². The Hall–Kier alpha value is -3.76. The third kappa shape index (κ3) is 9.40. The topological polar surface area (TPSA) is 138 Å². The van der Waals surface area contributed by atoms with Gasteiger partial charge in [-0.3, -0.25) is 19.2 Å². The number of benzene rings is 1. The molecule has 11 heteroatoms. The highest BCUT2D eigenvalue weighted by Gasteiger charge is 2.30. The van der Waals surface area contributed by atoms with Crippen molar-refractivity contribution in [3.05, 3.63) is 47.5 Å². The number of aromatic nitrogens is 3. The number of nitrogens with one attached hydrogen (secondary N) is 3. The molecule has 11 nitrogen and oxygen atoms in total. The van der Waals surface area contributed by atoms with Crippen LogP contribution in [-0.4, -0.2) is 69.0 Å². The van der Waals surface area contributed by atoms with Gasteiger partial charge in [0.2, 0.25) is 23.6 Å². The predicted octanol–water partition coefficient (Wildman–Crippen LogP) is 2.30. The molecule has 1 aliphatic heterocycles. The second-order valence-corrected chi connectivity index (χ2v) is 12.1. The predicted molar refractivity (Wildman–Crippen MR) is 155 cm³/mol. The zero-order chi connectivity index (χ0) is 30.2. The first-order valence-electron chi connectivity index (χ1n) is 14.5. The first-order valence-corrected chi connectivity index (χ1v) is 14.5. The van der Waals surface area contributed by atoms with Gasteiger partial charge in [0.15, 0.2) is 5.82 Å². The van der Waals surface area contributed by atoms with Crippen LogP contribution in [0.5, 0.6) is 0 Å². The van der Waals surface area contributed by atoms with Gasteiger partial charge in [-0.05, 0) is 31.2 Å². The van der Waals surface area contributed by atoms with E-state index < -0.39 is 17.5 Å². The summed E-state index contributed by atoms with van der Waals surface area (Å²) in [7, 11) is 0. The van der Waals surface area contributed by atoms with E-state index in [1.165, 1.54) is 4.68 Å². The highest BCUT2D eigenvalue weighted by atomic mass is 16.2. The van der Waals surface area contributed by atoms with Crippen molar-refractivity contribution in [2.75, 3.05) is 19.6 Å². The van der Waals surface area contributed by atoms with E-state index in [-0.39, 0.29) is 42.5 Å². The van der Waals surface area contributed by atoms with Crippen LogP contribution in [0.4, 0.5) is 0 Å². The van der Waals surface area contributed by atoms with Gasteiger partial charge in [0.05, 0.1) is 6.04 Å². The van der Waals surface area contributed by atoms with Gasteiger partial charge >= 0.3 is 0 Å². The maximum absolute atomic E-state index is 13.7. The lowest BCUT2D eigenvalue weighted by Gasteiger charge is -2.30. The number of amides is 4. The van der Waals surface area contributed by atoms with Gasteiger partial charge in [0.25, 0.3) is 0 Å². The number of carbonyl (C=O) groups excluding carboxylic acids is 4. The molecule has 2 atom stereocenters. The number of fused-ring (bicyclic) bond motifs is 1. The van der Waals surface area contributed by atoms with Crippen molar-refractivity contribution in [3.63, 3.8) is 0 Å². The van der Waals surface area contributed by atoms with Gasteiger partial charge in [-0.1, -0.05) is 65.0 Å². The van der Waals surface area contributed by atoms with E-state index in [4.69, 9.17) is 0 Å². The summed E-state index contributed by atoms with van der Waals surface area (Å²) in [4.78, 5) is 59.0. The van der Waals surface area contributed by atoms with Crippen molar-refractivity contribution in [2.24, 2.45) is 11.3 Å². The second kappa shape index (κ2) is 14.2. The summed E-state index contributed by atoms with van der Waals surface area (Å²) in [6.07, 6.45) is 1.51. The van der Waals surface area contributed by atoms with Gasteiger partial charge in [-0.2, -0.15) is 5.10 Å². The molecule has 2 aromatic rings. The summed E-state index contributed by atoms with van der Waals surface area (Å²) >= 11 is 0. The fraction of sp³-hybridized carbons (Fsp3) is 0.600. The molecule has 3 rings (SSSR count). The number of aryl methyl sites for hydroxylation is 1. The van der Waals surface area contributed by atoms with Crippen LogP contribution in [0.15, 0.2) is 30.3 Å². The summed E-state index contributed by atoms with van der Waals surface area (Å²) in [6.45, 7) is 12.5. The first kappa shape index (κ1) is 31.8. The zero-order valence-electron chi connectivity index (χ0n) is 25.2. The molecule has 2 heterocycles. The molecule has 3 N–H and O–H groups in total. The highest BCUT2D eigenvalue weighted by Crippen LogP contribution is 2.21. The third-order valence-corrected chi connectivity index (χ3v) is 6.96. The van der Waals surface area contributed by atoms with Crippen molar-refractivity contribution in [1.82, 2.24) is 35.6 Å². The molecule has 0 bridgehead atoms. The molecule has 1 aromatic carbocycles. The average molecular weight is 568 g/mol. The Balaban J connectivity index is 1.91. The van der Waals surface area contributed by atoms with Crippen LogP contribution in [0, 0.1) is 18.3 Å². The minimum atomic E-state index is -0.821. The molecular formula is C30H45N7O4. The SMILES string of the molecule is Cc1nc2n(n1)CC(=O)NCCCN(C(=O)C(C)(C)C)CCCC(=O)N[C@H](Cc1ccccc1)C(=O)N[C@H]2C(C)C. The number of nitrogens with zero attached hydrogens (tertiary/aromatic N) is 4. The number of hydrogen-bond acceptors (Lipinski definition) is 6. The van der Waals surface area contributed by atoms with Crippen molar-refractivity contribution in [1.29, 1.82) is 0 Å². The summed E-state index contributed by atoms with van der Waals surface area (Å²) < 4.78 is 1.53. The van der Waals surface area contributed by atoms with Gasteiger partial charge in [-0.15, -0.1) is 0 Å². The van der Waals surface area contributed by atoms with Crippen LogP contribution < -0.4 is 16.0 Å². The Kier molecular flexibility index (Phi) is 11.0. The Morgan fingerprint density at radius 1 is 1.02 bits per heavy atom. The zero-order valence-corrected chi connectivity index (χ0v) is 25.2. The van der Waals surface area contributed by atoms with Crippen molar-refractivity contribution >= 4 is 23.6 Å². The van der Waals surface area contributed by atoms with Crippen LogP contribution in [0.2, 0.25) is 0 Å². The van der Waals surface area contributed by atoms with E-state index in [1.807, 2.05) is 65.0 Å². The lowest BCUT2D eigenvalue weighted by Crippen LogP contribution is -2.50. The van der Waals surface area contributed by atoms with Crippen molar-refractivity contribution < 1.29 is 19.2 Å². The molecule has 0 aliphatic carbocycles. The minimum absolute atomic E-state index is 0.0116. The first-order chi connectivity index (χ1) is 19.3. The average Bonchev–Trinajstić information content (AvgIpc) is 3.26. The van der Waals surface area contributed by atoms with Gasteiger partial charge < -0.3 is 20.9 Å². The Bertz CT molecular complexity index is 1200. The van der Waals surface area contributed by atoms with E-state index in [1.54, 1.807) is 11.8 Å². The van der Waals surface area contributed by atoms with Gasteiger partial charge in [0, 0.05) is 37.9 Å². The summed E-state index contributed by atoms with van der Waals surface area (Å²) in [5, 5.41) is 13.3. The van der Waals surface area contributed by atoms with Crippen molar-refractivity contribution in [3.8, 4) is 0 Å². The standard InChI is InChI=1S/C30H45N7O4/c1-20(2)26-27-32-21(3)35-37(27)19-25(39)31-15-11-17-36(29(41)30(4,5)6)16-10-14-24(38)33-23(28(40)34-26)18-22-12-8-7-9-13-22/h7-9,12-13,20,23,26H,10-11,14-19H2,1-6H3,(H,31,39)(H,33,38)(H,34,40)/t23-,26+/m1/s1. The molecular weight excluding hydrogens is 522 g/mol. The molecule has 41 heavy (non-hydrogen) atoms. The van der Waals surface area contributed by atoms with E-state index in [9.17, 15) is 19.2 Å². The quantitative estimate of drug-likeness (QED) is 0.520. The molecule has 1 aliphatic rings. The Morgan fingerprint density at radius 2 is 1.71 bits per heavy atom. The van der Waals surface area contributed by atoms with Crippen LogP contribution >= 0.6 is 0 Å². The molecule has 4 amide bonds. The van der Waals surface area contributed by atoms with E-state index in [0.29, 0.717) is 50.5 Å². The number of rotatable bonds is 3. The van der Waals surface area contributed by atoms with E-state index in [0.717, 1.165) is 5.56 Å². The molecule has 0 fully saturated rings. The van der Waals surface area contributed by atoms with E-state index >= 15 is 0 Å².